The molecule has 0 radical (unpaired) electrons. The van der Waals surface area contributed by atoms with Crippen LogP contribution in [0.15, 0.2) is 29.4 Å². The van der Waals surface area contributed by atoms with E-state index in [9.17, 15) is 4.79 Å². The van der Waals surface area contributed by atoms with Gasteiger partial charge in [-0.1, -0.05) is 12.1 Å². The lowest BCUT2D eigenvalue weighted by Crippen LogP contribution is -2.28. The van der Waals surface area contributed by atoms with E-state index in [0.717, 1.165) is 17.0 Å². The highest BCUT2D eigenvalue weighted by Gasteiger charge is 2.19. The third-order valence-electron chi connectivity index (χ3n) is 2.63. The molecule has 1 aromatic rings. The molecule has 0 fully saturated rings. The molecule has 84 valence electrons. The van der Waals surface area contributed by atoms with Crippen LogP contribution in [-0.4, -0.2) is 30.8 Å². The number of methoxy groups -OCH3 is 1. The van der Waals surface area contributed by atoms with Crippen molar-refractivity contribution in [1.29, 1.82) is 0 Å². The fraction of sp³-hybridized carbons (Fsp3) is 0.333. The fourth-order valence-electron chi connectivity index (χ4n) is 1.75. The Labute approximate surface area is 94.5 Å². The Balaban J connectivity index is 2.37. The second-order valence-corrected chi connectivity index (χ2v) is 3.66. The Morgan fingerprint density at radius 3 is 2.75 bits per heavy atom. The number of carbonyl (C=O) groups excluding carboxylic acids is 1. The summed E-state index contributed by atoms with van der Waals surface area (Å²) in [4.78, 5) is 11.3. The fourth-order valence-corrected chi connectivity index (χ4v) is 1.75. The summed E-state index contributed by atoms with van der Waals surface area (Å²) in [5, 5.41) is 5.66. The summed E-state index contributed by atoms with van der Waals surface area (Å²) in [5.41, 5.74) is 1.86. The van der Waals surface area contributed by atoms with E-state index in [1.165, 1.54) is 5.01 Å². The van der Waals surface area contributed by atoms with Gasteiger partial charge in [-0.3, -0.25) is 4.79 Å². The molecule has 0 spiro atoms. The predicted octanol–water partition coefficient (Wildman–Crippen LogP) is 1.65. The van der Waals surface area contributed by atoms with Crippen LogP contribution in [-0.2, 0) is 4.79 Å². The van der Waals surface area contributed by atoms with E-state index in [2.05, 4.69) is 5.10 Å². The highest BCUT2D eigenvalue weighted by atomic mass is 16.5. The van der Waals surface area contributed by atoms with Gasteiger partial charge in [0, 0.05) is 25.5 Å². The zero-order valence-electron chi connectivity index (χ0n) is 9.43. The first-order valence-corrected chi connectivity index (χ1v) is 5.20. The lowest BCUT2D eigenvalue weighted by atomic mass is 10.0. The molecule has 1 aliphatic rings. The van der Waals surface area contributed by atoms with Crippen LogP contribution in [0.5, 0.6) is 5.75 Å². The van der Waals surface area contributed by atoms with Crippen LogP contribution in [0, 0.1) is 0 Å². The molecule has 1 aromatic carbocycles. The van der Waals surface area contributed by atoms with Crippen LogP contribution in [0.3, 0.4) is 0 Å². The van der Waals surface area contributed by atoms with Crippen LogP contribution >= 0.6 is 0 Å². The Bertz CT molecular complexity index is 440. The average Bonchev–Trinajstić information content (AvgIpc) is 2.32. The van der Waals surface area contributed by atoms with Crippen molar-refractivity contribution in [1.82, 2.24) is 5.01 Å². The minimum Gasteiger partial charge on any atom is -0.496 e. The Kier molecular flexibility index (Phi) is 2.90. The maximum Gasteiger partial charge on any atom is 0.242 e. The zero-order chi connectivity index (χ0) is 11.5. The number of amides is 1. The molecule has 16 heavy (non-hydrogen) atoms. The van der Waals surface area contributed by atoms with Gasteiger partial charge in [0.2, 0.25) is 5.91 Å². The van der Waals surface area contributed by atoms with E-state index >= 15 is 0 Å². The van der Waals surface area contributed by atoms with Gasteiger partial charge < -0.3 is 4.74 Å². The van der Waals surface area contributed by atoms with E-state index in [4.69, 9.17) is 4.74 Å². The molecule has 0 atom stereocenters. The summed E-state index contributed by atoms with van der Waals surface area (Å²) in [6.45, 7) is 0. The molecular weight excluding hydrogens is 204 g/mol. The minimum atomic E-state index is 0.0543. The maximum absolute atomic E-state index is 11.3. The Morgan fingerprint density at radius 1 is 1.31 bits per heavy atom. The molecule has 0 saturated heterocycles. The summed E-state index contributed by atoms with van der Waals surface area (Å²) in [6.07, 6.45) is 1.18. The van der Waals surface area contributed by atoms with E-state index in [0.29, 0.717) is 12.8 Å². The number of rotatable bonds is 2. The van der Waals surface area contributed by atoms with Crippen molar-refractivity contribution in [2.24, 2.45) is 5.10 Å². The van der Waals surface area contributed by atoms with E-state index < -0.39 is 0 Å². The monoisotopic (exact) mass is 218 g/mol. The largest absolute Gasteiger partial charge is 0.496 e. The van der Waals surface area contributed by atoms with Crippen LogP contribution in [0.2, 0.25) is 0 Å². The molecule has 1 amide bonds. The molecule has 2 rings (SSSR count). The van der Waals surface area contributed by atoms with Gasteiger partial charge >= 0.3 is 0 Å². The van der Waals surface area contributed by atoms with Gasteiger partial charge in [-0.05, 0) is 12.1 Å². The molecule has 4 nitrogen and oxygen atoms in total. The summed E-state index contributed by atoms with van der Waals surface area (Å²) in [7, 11) is 3.31. The lowest BCUT2D eigenvalue weighted by molar-refractivity contribution is -0.130. The van der Waals surface area contributed by atoms with Crippen molar-refractivity contribution in [3.63, 3.8) is 0 Å². The molecule has 0 saturated carbocycles. The third kappa shape index (κ3) is 1.91. The number of benzene rings is 1. The molecule has 0 aromatic heterocycles. The highest BCUT2D eigenvalue weighted by molar-refractivity contribution is 6.05. The topological polar surface area (TPSA) is 41.9 Å². The molecule has 0 unspecified atom stereocenters. The molecule has 0 bridgehead atoms. The van der Waals surface area contributed by atoms with Crippen LogP contribution in [0.4, 0.5) is 0 Å². The number of hydrogen-bond acceptors (Lipinski definition) is 3. The van der Waals surface area contributed by atoms with Crippen LogP contribution in [0.1, 0.15) is 18.4 Å². The zero-order valence-corrected chi connectivity index (χ0v) is 9.43. The number of hydrogen-bond donors (Lipinski definition) is 0. The Hall–Kier alpha value is -1.84. The van der Waals surface area contributed by atoms with Crippen molar-refractivity contribution in [2.45, 2.75) is 12.8 Å². The summed E-state index contributed by atoms with van der Waals surface area (Å²) in [5.74, 6) is 0.850. The van der Waals surface area contributed by atoms with Crippen molar-refractivity contribution in [3.8, 4) is 5.75 Å². The molecule has 1 aliphatic heterocycles. The second kappa shape index (κ2) is 4.35. The first-order chi connectivity index (χ1) is 7.72. The molecule has 1 heterocycles. The van der Waals surface area contributed by atoms with Crippen molar-refractivity contribution in [2.75, 3.05) is 14.2 Å². The van der Waals surface area contributed by atoms with E-state index in [-0.39, 0.29) is 5.91 Å². The van der Waals surface area contributed by atoms with Crippen LogP contribution < -0.4 is 4.74 Å². The minimum absolute atomic E-state index is 0.0543. The second-order valence-electron chi connectivity index (χ2n) is 3.66. The van der Waals surface area contributed by atoms with Gasteiger partial charge in [-0.2, -0.15) is 5.10 Å². The van der Waals surface area contributed by atoms with E-state index in [1.54, 1.807) is 14.2 Å². The van der Waals surface area contributed by atoms with Crippen molar-refractivity contribution >= 4 is 11.6 Å². The highest BCUT2D eigenvalue weighted by Crippen LogP contribution is 2.22. The first kappa shape index (κ1) is 10.7. The van der Waals surface area contributed by atoms with Gasteiger partial charge in [-0.15, -0.1) is 0 Å². The Morgan fingerprint density at radius 2 is 2.06 bits per heavy atom. The first-order valence-electron chi connectivity index (χ1n) is 5.20. The normalized spacial score (nSPS) is 16.0. The smallest absolute Gasteiger partial charge is 0.242 e. The summed E-state index contributed by atoms with van der Waals surface area (Å²) < 4.78 is 5.28. The number of nitrogens with zero attached hydrogens (tertiary/aromatic N) is 2. The molecular formula is C12H14N2O2. The maximum atomic E-state index is 11.3. The van der Waals surface area contributed by atoms with Crippen molar-refractivity contribution < 1.29 is 9.53 Å². The predicted molar refractivity (Wildman–Crippen MR) is 61.5 cm³/mol. The SMILES string of the molecule is COc1ccccc1C1=NN(C)C(=O)CC1. The number of hydrazone groups is 1. The number of ether oxygens (including phenoxy) is 1. The number of carbonyl (C=O) groups is 1. The average molecular weight is 218 g/mol. The van der Waals surface area contributed by atoms with Gasteiger partial charge in [0.25, 0.3) is 0 Å². The quantitative estimate of drug-likeness (QED) is 0.757. The van der Waals surface area contributed by atoms with Crippen molar-refractivity contribution in [3.05, 3.63) is 29.8 Å². The standard InChI is InChI=1S/C12H14N2O2/c1-14-12(15)8-7-10(13-14)9-5-3-4-6-11(9)16-2/h3-6H,7-8H2,1-2H3. The van der Waals surface area contributed by atoms with E-state index in [1.807, 2.05) is 24.3 Å². The van der Waals surface area contributed by atoms with Gasteiger partial charge in [0.05, 0.1) is 12.8 Å². The summed E-state index contributed by atoms with van der Waals surface area (Å²) in [6, 6.07) is 7.72. The van der Waals surface area contributed by atoms with Gasteiger partial charge in [0.15, 0.2) is 0 Å². The van der Waals surface area contributed by atoms with Gasteiger partial charge in [0.1, 0.15) is 5.75 Å². The lowest BCUT2D eigenvalue weighted by Gasteiger charge is -2.20. The molecule has 0 N–H and O–H groups in total. The molecule has 4 heteroatoms. The van der Waals surface area contributed by atoms with Gasteiger partial charge in [-0.25, -0.2) is 5.01 Å². The molecule has 0 aliphatic carbocycles. The summed E-state index contributed by atoms with van der Waals surface area (Å²) >= 11 is 0. The number of para-hydroxylation sites is 1. The van der Waals surface area contributed by atoms with Crippen LogP contribution in [0.25, 0.3) is 0 Å². The third-order valence-corrected chi connectivity index (χ3v) is 2.63.